The molecular weight excluding hydrogens is 238 g/mol. The maximum Gasteiger partial charge on any atom is 0.237 e. The van der Waals surface area contributed by atoms with Crippen molar-refractivity contribution in [2.75, 3.05) is 25.5 Å². The molecule has 0 spiro atoms. The molecule has 0 radical (unpaired) electrons. The van der Waals surface area contributed by atoms with Crippen molar-refractivity contribution in [2.24, 2.45) is 5.92 Å². The van der Waals surface area contributed by atoms with Crippen molar-refractivity contribution in [1.82, 2.24) is 10.6 Å². The fourth-order valence-electron chi connectivity index (χ4n) is 2.40. The zero-order chi connectivity index (χ0) is 13.8. The summed E-state index contributed by atoms with van der Waals surface area (Å²) < 4.78 is 0. The predicted octanol–water partition coefficient (Wildman–Crippen LogP) is 1.37. The van der Waals surface area contributed by atoms with Crippen molar-refractivity contribution in [3.8, 4) is 0 Å². The number of nitrogens with zero attached hydrogens (tertiary/aromatic N) is 1. The van der Waals surface area contributed by atoms with Crippen LogP contribution in [-0.4, -0.2) is 32.6 Å². The van der Waals surface area contributed by atoms with Crippen LogP contribution in [0.15, 0.2) is 24.3 Å². The van der Waals surface area contributed by atoms with Crippen LogP contribution in [0.2, 0.25) is 0 Å². The van der Waals surface area contributed by atoms with Gasteiger partial charge in [-0.3, -0.25) is 4.79 Å². The second-order valence-electron chi connectivity index (χ2n) is 5.48. The Morgan fingerprint density at radius 2 is 2.05 bits per heavy atom. The van der Waals surface area contributed by atoms with E-state index in [9.17, 15) is 4.79 Å². The Bertz CT molecular complexity index is 428. The largest absolute Gasteiger partial charge is 0.378 e. The number of carbonyl (C=O) groups is 1. The minimum Gasteiger partial charge on any atom is -0.378 e. The van der Waals surface area contributed by atoms with Crippen molar-refractivity contribution in [2.45, 2.75) is 25.9 Å². The maximum absolute atomic E-state index is 12.0. The molecule has 0 bridgehead atoms. The van der Waals surface area contributed by atoms with Crippen molar-refractivity contribution >= 4 is 11.6 Å². The van der Waals surface area contributed by atoms with Crippen molar-refractivity contribution in [1.29, 1.82) is 0 Å². The number of rotatable bonds is 4. The number of hydrogen-bond donors (Lipinski definition) is 2. The fourth-order valence-corrected chi connectivity index (χ4v) is 2.40. The third kappa shape index (κ3) is 3.47. The summed E-state index contributed by atoms with van der Waals surface area (Å²) in [5.74, 6) is 0.540. The van der Waals surface area contributed by atoms with E-state index < -0.39 is 0 Å². The van der Waals surface area contributed by atoms with E-state index in [1.807, 2.05) is 14.1 Å². The number of hydrogen-bond acceptors (Lipinski definition) is 3. The van der Waals surface area contributed by atoms with E-state index in [-0.39, 0.29) is 11.9 Å². The summed E-state index contributed by atoms with van der Waals surface area (Å²) in [6.07, 6.45) is 1.08. The van der Waals surface area contributed by atoms with Crippen LogP contribution in [0.4, 0.5) is 5.69 Å². The molecule has 1 aromatic carbocycles. The molecule has 2 N–H and O–H groups in total. The van der Waals surface area contributed by atoms with Gasteiger partial charge < -0.3 is 15.5 Å². The molecule has 2 unspecified atom stereocenters. The van der Waals surface area contributed by atoms with Crippen LogP contribution < -0.4 is 15.5 Å². The van der Waals surface area contributed by atoms with E-state index in [0.717, 1.165) is 18.5 Å². The highest BCUT2D eigenvalue weighted by molar-refractivity contribution is 5.82. The molecule has 0 aliphatic carbocycles. The van der Waals surface area contributed by atoms with Crippen LogP contribution in [0.3, 0.4) is 0 Å². The van der Waals surface area contributed by atoms with Crippen molar-refractivity contribution in [3.63, 3.8) is 0 Å². The van der Waals surface area contributed by atoms with Gasteiger partial charge in [-0.05, 0) is 36.6 Å². The molecule has 104 valence electrons. The second kappa shape index (κ2) is 6.06. The third-order valence-corrected chi connectivity index (χ3v) is 3.73. The van der Waals surface area contributed by atoms with Gasteiger partial charge in [0, 0.05) is 26.3 Å². The topological polar surface area (TPSA) is 44.4 Å². The fraction of sp³-hybridized carbons (Fsp3) is 0.533. The Morgan fingerprint density at radius 3 is 2.58 bits per heavy atom. The monoisotopic (exact) mass is 261 g/mol. The Labute approximate surface area is 115 Å². The number of carbonyl (C=O) groups excluding carboxylic acids is 1. The molecule has 1 amide bonds. The van der Waals surface area contributed by atoms with Gasteiger partial charge in [0.05, 0.1) is 6.04 Å². The average molecular weight is 261 g/mol. The van der Waals surface area contributed by atoms with Gasteiger partial charge in [0.15, 0.2) is 0 Å². The highest BCUT2D eigenvalue weighted by Gasteiger charge is 2.28. The first kappa shape index (κ1) is 13.9. The highest BCUT2D eigenvalue weighted by atomic mass is 16.2. The molecule has 4 nitrogen and oxygen atoms in total. The first-order valence-electron chi connectivity index (χ1n) is 6.85. The molecule has 1 aromatic rings. The zero-order valence-corrected chi connectivity index (χ0v) is 11.9. The Hall–Kier alpha value is -1.55. The molecular formula is C15H23N3O. The van der Waals surface area contributed by atoms with Crippen LogP contribution >= 0.6 is 0 Å². The van der Waals surface area contributed by atoms with Gasteiger partial charge in [-0.25, -0.2) is 0 Å². The van der Waals surface area contributed by atoms with Crippen LogP contribution in [0.5, 0.6) is 0 Å². The number of nitrogens with one attached hydrogen (secondary N) is 2. The predicted molar refractivity (Wildman–Crippen MR) is 78.2 cm³/mol. The Kier molecular flexibility index (Phi) is 4.43. The SMILES string of the molecule is CC1CCNC1C(=O)NCc1ccc(N(C)C)cc1. The average Bonchev–Trinajstić information content (AvgIpc) is 2.83. The molecule has 0 aromatic heterocycles. The summed E-state index contributed by atoms with van der Waals surface area (Å²) >= 11 is 0. The van der Waals surface area contributed by atoms with E-state index in [2.05, 4.69) is 46.7 Å². The third-order valence-electron chi connectivity index (χ3n) is 3.73. The quantitative estimate of drug-likeness (QED) is 0.860. The molecule has 2 rings (SSSR count). The van der Waals surface area contributed by atoms with Gasteiger partial charge in [-0.1, -0.05) is 19.1 Å². The molecule has 1 heterocycles. The second-order valence-corrected chi connectivity index (χ2v) is 5.48. The number of benzene rings is 1. The lowest BCUT2D eigenvalue weighted by molar-refractivity contribution is -0.123. The van der Waals surface area contributed by atoms with Crippen molar-refractivity contribution in [3.05, 3.63) is 29.8 Å². The van der Waals surface area contributed by atoms with Crippen molar-refractivity contribution < 1.29 is 4.79 Å². The number of anilines is 1. The van der Waals surface area contributed by atoms with Crippen LogP contribution in [0, 0.1) is 5.92 Å². The van der Waals surface area contributed by atoms with Crippen LogP contribution in [-0.2, 0) is 11.3 Å². The Morgan fingerprint density at radius 1 is 1.37 bits per heavy atom. The van der Waals surface area contributed by atoms with Gasteiger partial charge in [-0.15, -0.1) is 0 Å². The maximum atomic E-state index is 12.0. The van der Waals surface area contributed by atoms with E-state index in [1.165, 1.54) is 5.69 Å². The Balaban J connectivity index is 1.86. The van der Waals surface area contributed by atoms with Gasteiger partial charge in [0.2, 0.25) is 5.91 Å². The first-order chi connectivity index (χ1) is 9.08. The highest BCUT2D eigenvalue weighted by Crippen LogP contribution is 2.15. The summed E-state index contributed by atoms with van der Waals surface area (Å²) in [6, 6.07) is 8.22. The molecule has 1 aliphatic rings. The minimum absolute atomic E-state index is 0.0268. The summed E-state index contributed by atoms with van der Waals surface area (Å²) in [4.78, 5) is 14.1. The summed E-state index contributed by atoms with van der Waals surface area (Å²) in [5, 5.41) is 6.25. The minimum atomic E-state index is -0.0268. The van der Waals surface area contributed by atoms with E-state index in [0.29, 0.717) is 12.5 Å². The molecule has 19 heavy (non-hydrogen) atoms. The zero-order valence-electron chi connectivity index (χ0n) is 11.9. The van der Waals surface area contributed by atoms with Crippen LogP contribution in [0.1, 0.15) is 18.9 Å². The van der Waals surface area contributed by atoms with E-state index in [1.54, 1.807) is 0 Å². The van der Waals surface area contributed by atoms with E-state index in [4.69, 9.17) is 0 Å². The van der Waals surface area contributed by atoms with Gasteiger partial charge in [0.1, 0.15) is 0 Å². The summed E-state index contributed by atoms with van der Waals surface area (Å²) in [5.41, 5.74) is 2.30. The standard InChI is InChI=1S/C15H23N3O/c1-11-8-9-16-14(11)15(19)17-10-12-4-6-13(7-5-12)18(2)3/h4-7,11,14,16H,8-10H2,1-3H3,(H,17,19). The lowest BCUT2D eigenvalue weighted by Crippen LogP contribution is -2.42. The van der Waals surface area contributed by atoms with E-state index >= 15 is 0 Å². The normalized spacial score (nSPS) is 22.3. The van der Waals surface area contributed by atoms with Gasteiger partial charge >= 0.3 is 0 Å². The molecule has 1 saturated heterocycles. The molecule has 0 saturated carbocycles. The van der Waals surface area contributed by atoms with Gasteiger partial charge in [0.25, 0.3) is 0 Å². The number of amides is 1. The first-order valence-corrected chi connectivity index (χ1v) is 6.85. The lowest BCUT2D eigenvalue weighted by Gasteiger charge is -2.16. The lowest BCUT2D eigenvalue weighted by atomic mass is 10.0. The molecule has 1 aliphatic heterocycles. The molecule has 1 fully saturated rings. The molecule has 4 heteroatoms. The van der Waals surface area contributed by atoms with Crippen LogP contribution in [0.25, 0.3) is 0 Å². The summed E-state index contributed by atoms with van der Waals surface area (Å²) in [7, 11) is 4.04. The molecule has 2 atom stereocenters. The smallest absolute Gasteiger partial charge is 0.237 e. The summed E-state index contributed by atoms with van der Waals surface area (Å²) in [6.45, 7) is 3.66. The van der Waals surface area contributed by atoms with Gasteiger partial charge in [-0.2, -0.15) is 0 Å².